The fourth-order valence-corrected chi connectivity index (χ4v) is 3.53. The van der Waals surface area contributed by atoms with E-state index in [1.807, 2.05) is 14.0 Å². The number of hydrogen-bond donors (Lipinski definition) is 1. The summed E-state index contributed by atoms with van der Waals surface area (Å²) in [5.41, 5.74) is 0. The van der Waals surface area contributed by atoms with E-state index in [1.165, 1.54) is 17.7 Å². The van der Waals surface area contributed by atoms with E-state index in [4.69, 9.17) is 0 Å². The summed E-state index contributed by atoms with van der Waals surface area (Å²) < 4.78 is 1.15. The number of rotatable bonds is 6. The monoisotopic (exact) mass is 330 g/mol. The van der Waals surface area contributed by atoms with E-state index in [0.29, 0.717) is 18.5 Å². The summed E-state index contributed by atoms with van der Waals surface area (Å²) >= 11 is 5.26. The quantitative estimate of drug-likeness (QED) is 0.869. The number of nitrogens with one attached hydrogen (secondary N) is 1. The van der Waals surface area contributed by atoms with Crippen molar-refractivity contribution in [3.63, 3.8) is 0 Å². The van der Waals surface area contributed by atoms with Crippen LogP contribution in [0.3, 0.4) is 0 Å². The van der Waals surface area contributed by atoms with Gasteiger partial charge < -0.3 is 10.2 Å². The standard InChI is InChI=1S/C13H19BrN2OS/c1-3-16(2)12(17)8-15-13(9-4-5-9)10-6-7-11(14)18-10/h6-7,9,13,15H,3-5,8H2,1-2H3. The molecule has 1 aromatic heterocycles. The Kier molecular flexibility index (Phi) is 4.81. The zero-order valence-electron chi connectivity index (χ0n) is 10.8. The molecule has 1 amide bonds. The smallest absolute Gasteiger partial charge is 0.236 e. The molecule has 0 saturated heterocycles. The average Bonchev–Trinajstić information content (AvgIpc) is 3.11. The number of amides is 1. The molecular formula is C13H19BrN2OS. The Labute approximate surface area is 121 Å². The molecule has 2 rings (SSSR count). The Balaban J connectivity index is 1.93. The minimum atomic E-state index is 0.166. The second kappa shape index (κ2) is 6.17. The molecule has 1 N–H and O–H groups in total. The third kappa shape index (κ3) is 3.56. The van der Waals surface area contributed by atoms with Crippen LogP contribution in [0.5, 0.6) is 0 Å². The number of thiophene rings is 1. The number of carbonyl (C=O) groups is 1. The van der Waals surface area contributed by atoms with Crippen LogP contribution in [0.15, 0.2) is 15.9 Å². The van der Waals surface area contributed by atoms with Gasteiger partial charge in [-0.25, -0.2) is 0 Å². The first-order valence-corrected chi connectivity index (χ1v) is 7.95. The molecule has 0 radical (unpaired) electrons. The summed E-state index contributed by atoms with van der Waals surface area (Å²) in [4.78, 5) is 14.9. The fraction of sp³-hybridized carbons (Fsp3) is 0.615. The summed E-state index contributed by atoms with van der Waals surface area (Å²) in [6.07, 6.45) is 2.54. The van der Waals surface area contributed by atoms with Crippen molar-refractivity contribution in [2.45, 2.75) is 25.8 Å². The molecule has 1 fully saturated rings. The lowest BCUT2D eigenvalue weighted by atomic mass is 10.1. The van der Waals surface area contributed by atoms with Crippen molar-refractivity contribution in [2.24, 2.45) is 5.92 Å². The molecule has 1 heterocycles. The lowest BCUT2D eigenvalue weighted by Crippen LogP contribution is -2.37. The van der Waals surface area contributed by atoms with Crippen LogP contribution < -0.4 is 5.32 Å². The molecule has 0 aliphatic heterocycles. The van der Waals surface area contributed by atoms with Crippen LogP contribution in [0.2, 0.25) is 0 Å². The number of carbonyl (C=O) groups excluding carboxylic acids is 1. The largest absolute Gasteiger partial charge is 0.345 e. The molecule has 0 bridgehead atoms. The van der Waals surface area contributed by atoms with E-state index in [0.717, 1.165) is 10.3 Å². The van der Waals surface area contributed by atoms with Gasteiger partial charge in [0.05, 0.1) is 10.3 Å². The maximum absolute atomic E-state index is 11.8. The van der Waals surface area contributed by atoms with Crippen LogP contribution in [0.1, 0.15) is 30.7 Å². The average molecular weight is 331 g/mol. The van der Waals surface area contributed by atoms with E-state index in [-0.39, 0.29) is 5.91 Å². The zero-order valence-corrected chi connectivity index (χ0v) is 13.2. The van der Waals surface area contributed by atoms with Gasteiger partial charge in [-0.2, -0.15) is 0 Å². The van der Waals surface area contributed by atoms with E-state index < -0.39 is 0 Å². The third-order valence-corrected chi connectivity index (χ3v) is 5.07. The molecule has 5 heteroatoms. The van der Waals surface area contributed by atoms with Gasteiger partial charge in [-0.1, -0.05) is 0 Å². The van der Waals surface area contributed by atoms with Crippen molar-refractivity contribution in [2.75, 3.05) is 20.1 Å². The van der Waals surface area contributed by atoms with Gasteiger partial charge in [-0.3, -0.25) is 4.79 Å². The molecule has 1 atom stereocenters. The molecular weight excluding hydrogens is 312 g/mol. The van der Waals surface area contributed by atoms with Crippen LogP contribution in [0.25, 0.3) is 0 Å². The third-order valence-electron chi connectivity index (χ3n) is 3.37. The summed E-state index contributed by atoms with van der Waals surface area (Å²) in [7, 11) is 1.85. The van der Waals surface area contributed by atoms with Crippen molar-refractivity contribution in [1.29, 1.82) is 0 Å². The molecule has 18 heavy (non-hydrogen) atoms. The first kappa shape index (κ1) is 14.0. The highest BCUT2D eigenvalue weighted by molar-refractivity contribution is 9.11. The van der Waals surface area contributed by atoms with E-state index in [2.05, 4.69) is 33.4 Å². The second-order valence-corrected chi connectivity index (χ2v) is 7.24. The Morgan fingerprint density at radius 3 is 2.83 bits per heavy atom. The molecule has 3 nitrogen and oxygen atoms in total. The Bertz CT molecular complexity index is 417. The van der Waals surface area contributed by atoms with Gasteiger partial charge in [0.25, 0.3) is 0 Å². The topological polar surface area (TPSA) is 32.3 Å². The normalized spacial score (nSPS) is 16.6. The Morgan fingerprint density at radius 1 is 1.61 bits per heavy atom. The van der Waals surface area contributed by atoms with Crippen molar-refractivity contribution < 1.29 is 4.79 Å². The minimum Gasteiger partial charge on any atom is -0.345 e. The Hall–Kier alpha value is -0.390. The van der Waals surface area contributed by atoms with Crippen LogP contribution >= 0.6 is 27.3 Å². The van der Waals surface area contributed by atoms with Gasteiger partial charge >= 0.3 is 0 Å². The summed E-state index contributed by atoms with van der Waals surface area (Å²) in [5, 5.41) is 3.42. The molecule has 1 saturated carbocycles. The summed E-state index contributed by atoms with van der Waals surface area (Å²) in [6, 6.07) is 4.58. The van der Waals surface area contributed by atoms with E-state index in [1.54, 1.807) is 16.2 Å². The lowest BCUT2D eigenvalue weighted by molar-refractivity contribution is -0.128. The van der Waals surface area contributed by atoms with E-state index in [9.17, 15) is 4.79 Å². The lowest BCUT2D eigenvalue weighted by Gasteiger charge is -2.19. The van der Waals surface area contributed by atoms with Crippen LogP contribution in [0, 0.1) is 5.92 Å². The van der Waals surface area contributed by atoms with Gasteiger partial charge in [0.15, 0.2) is 0 Å². The van der Waals surface area contributed by atoms with Crippen molar-refractivity contribution in [3.05, 3.63) is 20.8 Å². The maximum Gasteiger partial charge on any atom is 0.236 e. The van der Waals surface area contributed by atoms with E-state index >= 15 is 0 Å². The Morgan fingerprint density at radius 2 is 2.33 bits per heavy atom. The highest BCUT2D eigenvalue weighted by Crippen LogP contribution is 2.43. The predicted octanol–water partition coefficient (Wildman–Crippen LogP) is 3.03. The van der Waals surface area contributed by atoms with Gasteiger partial charge in [-0.05, 0) is 53.7 Å². The molecule has 1 unspecified atom stereocenters. The first-order chi connectivity index (χ1) is 8.61. The van der Waals surface area contributed by atoms with Gasteiger partial charge in [0.1, 0.15) is 0 Å². The summed E-state index contributed by atoms with van der Waals surface area (Å²) in [5.74, 6) is 0.869. The summed E-state index contributed by atoms with van der Waals surface area (Å²) in [6.45, 7) is 3.19. The maximum atomic E-state index is 11.8. The highest BCUT2D eigenvalue weighted by Gasteiger charge is 2.33. The number of nitrogens with zero attached hydrogens (tertiary/aromatic N) is 1. The number of likely N-dealkylation sites (N-methyl/N-ethyl adjacent to an activating group) is 1. The molecule has 1 aliphatic rings. The predicted molar refractivity (Wildman–Crippen MR) is 78.8 cm³/mol. The molecule has 1 aromatic rings. The van der Waals surface area contributed by atoms with Gasteiger partial charge in [0.2, 0.25) is 5.91 Å². The van der Waals surface area contributed by atoms with Crippen molar-refractivity contribution >= 4 is 33.2 Å². The van der Waals surface area contributed by atoms with Crippen LogP contribution in [0.4, 0.5) is 0 Å². The molecule has 0 aromatic carbocycles. The SMILES string of the molecule is CCN(C)C(=O)CNC(c1ccc(Br)s1)C1CC1. The fourth-order valence-electron chi connectivity index (χ4n) is 1.93. The molecule has 100 valence electrons. The van der Waals surface area contributed by atoms with Crippen LogP contribution in [-0.4, -0.2) is 30.9 Å². The van der Waals surface area contributed by atoms with Crippen molar-refractivity contribution in [3.8, 4) is 0 Å². The van der Waals surface area contributed by atoms with Gasteiger partial charge in [0, 0.05) is 24.5 Å². The second-order valence-electron chi connectivity index (χ2n) is 4.75. The number of halogens is 1. The number of hydrogen-bond acceptors (Lipinski definition) is 3. The molecule has 0 spiro atoms. The van der Waals surface area contributed by atoms with Crippen molar-refractivity contribution in [1.82, 2.24) is 10.2 Å². The molecule has 1 aliphatic carbocycles. The minimum absolute atomic E-state index is 0.166. The van der Waals surface area contributed by atoms with Gasteiger partial charge in [-0.15, -0.1) is 11.3 Å². The highest BCUT2D eigenvalue weighted by atomic mass is 79.9. The zero-order chi connectivity index (χ0) is 13.1. The van der Waals surface area contributed by atoms with Crippen LogP contribution in [-0.2, 0) is 4.79 Å². The first-order valence-electron chi connectivity index (χ1n) is 6.34.